The van der Waals surface area contributed by atoms with Gasteiger partial charge in [-0.25, -0.2) is 0 Å². The number of hydrogen-bond donors (Lipinski definition) is 1. The van der Waals surface area contributed by atoms with Crippen molar-refractivity contribution in [3.8, 4) is 0 Å². The van der Waals surface area contributed by atoms with E-state index in [9.17, 15) is 0 Å². The van der Waals surface area contributed by atoms with Gasteiger partial charge in [-0.2, -0.15) is 0 Å². The molecule has 0 aromatic carbocycles. The molecule has 0 aromatic rings. The summed E-state index contributed by atoms with van der Waals surface area (Å²) >= 11 is 0. The van der Waals surface area contributed by atoms with Crippen LogP contribution in [0, 0.1) is 11.8 Å². The van der Waals surface area contributed by atoms with Gasteiger partial charge in [0, 0.05) is 18.7 Å². The topological polar surface area (TPSA) is 21.3 Å². The minimum atomic E-state index is 0.440. The van der Waals surface area contributed by atoms with Gasteiger partial charge in [0.15, 0.2) is 0 Å². The van der Waals surface area contributed by atoms with E-state index in [1.54, 1.807) is 0 Å². The number of nitrogens with one attached hydrogen (secondary N) is 1. The van der Waals surface area contributed by atoms with Crippen LogP contribution in [0.3, 0.4) is 0 Å². The molecule has 0 spiro atoms. The zero-order chi connectivity index (χ0) is 9.54. The van der Waals surface area contributed by atoms with Crippen molar-refractivity contribution in [3.63, 3.8) is 0 Å². The molecule has 2 nitrogen and oxygen atoms in total. The molecule has 1 aliphatic heterocycles. The Labute approximate surface area is 86.4 Å². The molecule has 2 aliphatic carbocycles. The quantitative estimate of drug-likeness (QED) is 0.740. The average molecular weight is 195 g/mol. The highest BCUT2D eigenvalue weighted by Crippen LogP contribution is 2.45. The summed E-state index contributed by atoms with van der Waals surface area (Å²) in [5.74, 6) is 2.02. The van der Waals surface area contributed by atoms with E-state index in [0.29, 0.717) is 12.1 Å². The third-order valence-corrected chi connectivity index (χ3v) is 4.04. The second-order valence-corrected chi connectivity index (χ2v) is 5.34. The minimum Gasteiger partial charge on any atom is -0.377 e. The minimum absolute atomic E-state index is 0.440. The Bertz CT molecular complexity index is 198. The van der Waals surface area contributed by atoms with Gasteiger partial charge < -0.3 is 10.1 Å². The fourth-order valence-electron chi connectivity index (χ4n) is 2.77. The van der Waals surface area contributed by atoms with Crippen molar-refractivity contribution >= 4 is 0 Å². The lowest BCUT2D eigenvalue weighted by atomic mass is 10.0. The van der Waals surface area contributed by atoms with E-state index in [1.165, 1.54) is 32.1 Å². The highest BCUT2D eigenvalue weighted by atomic mass is 16.5. The Morgan fingerprint density at radius 2 is 1.71 bits per heavy atom. The van der Waals surface area contributed by atoms with E-state index in [0.717, 1.165) is 24.5 Å². The third-order valence-electron chi connectivity index (χ3n) is 4.04. The monoisotopic (exact) mass is 195 g/mol. The number of rotatable bonds is 4. The maximum absolute atomic E-state index is 5.60. The van der Waals surface area contributed by atoms with Gasteiger partial charge >= 0.3 is 0 Å². The molecule has 2 saturated carbocycles. The summed E-state index contributed by atoms with van der Waals surface area (Å²) < 4.78 is 5.60. The van der Waals surface area contributed by atoms with E-state index in [2.05, 4.69) is 12.2 Å². The van der Waals surface area contributed by atoms with Crippen LogP contribution in [0.1, 0.15) is 39.0 Å². The van der Waals surface area contributed by atoms with E-state index < -0.39 is 0 Å². The molecule has 3 aliphatic rings. The second kappa shape index (κ2) is 3.49. The highest BCUT2D eigenvalue weighted by molar-refractivity contribution is 4.98. The van der Waals surface area contributed by atoms with Crippen LogP contribution in [-0.2, 0) is 4.74 Å². The zero-order valence-electron chi connectivity index (χ0n) is 9.04. The van der Waals surface area contributed by atoms with E-state index in [-0.39, 0.29) is 0 Å². The van der Waals surface area contributed by atoms with Crippen molar-refractivity contribution < 1.29 is 4.74 Å². The summed E-state index contributed by atoms with van der Waals surface area (Å²) in [4.78, 5) is 0. The molecule has 2 unspecified atom stereocenters. The Kier molecular flexibility index (Phi) is 2.29. The van der Waals surface area contributed by atoms with Gasteiger partial charge in [0.1, 0.15) is 0 Å². The van der Waals surface area contributed by atoms with Gasteiger partial charge in [-0.3, -0.25) is 0 Å². The lowest BCUT2D eigenvalue weighted by Gasteiger charge is -2.24. The van der Waals surface area contributed by atoms with Crippen molar-refractivity contribution in [1.82, 2.24) is 5.32 Å². The number of hydrogen-bond acceptors (Lipinski definition) is 2. The van der Waals surface area contributed by atoms with Crippen molar-refractivity contribution in [2.24, 2.45) is 11.8 Å². The molecular weight excluding hydrogens is 174 g/mol. The van der Waals surface area contributed by atoms with Gasteiger partial charge in [0.2, 0.25) is 0 Å². The summed E-state index contributed by atoms with van der Waals surface area (Å²) in [5.41, 5.74) is 0. The molecule has 0 amide bonds. The van der Waals surface area contributed by atoms with Crippen molar-refractivity contribution in [2.75, 3.05) is 6.61 Å². The molecule has 1 saturated heterocycles. The van der Waals surface area contributed by atoms with Crippen LogP contribution in [0.2, 0.25) is 0 Å². The van der Waals surface area contributed by atoms with Crippen LogP contribution < -0.4 is 5.32 Å². The van der Waals surface area contributed by atoms with Crippen LogP contribution in [0.5, 0.6) is 0 Å². The van der Waals surface area contributed by atoms with Gasteiger partial charge in [0.05, 0.1) is 6.10 Å². The molecule has 14 heavy (non-hydrogen) atoms. The van der Waals surface area contributed by atoms with Gasteiger partial charge in [-0.1, -0.05) is 0 Å². The van der Waals surface area contributed by atoms with Gasteiger partial charge in [-0.05, 0) is 50.9 Å². The molecular formula is C12H21NO. The van der Waals surface area contributed by atoms with Crippen LogP contribution >= 0.6 is 0 Å². The lowest BCUT2D eigenvalue weighted by Crippen LogP contribution is -2.44. The summed E-state index contributed by atoms with van der Waals surface area (Å²) in [6, 6.07) is 1.48. The molecule has 0 radical (unpaired) electrons. The predicted octanol–water partition coefficient (Wildman–Crippen LogP) is 1.94. The summed E-state index contributed by atoms with van der Waals surface area (Å²) in [5, 5.41) is 3.86. The Morgan fingerprint density at radius 3 is 2.14 bits per heavy atom. The molecule has 1 N–H and O–H groups in total. The standard InChI is InChI=1S/C12H21NO/c1-8-11(6-7-14-8)13-12(9-2-3-9)10-4-5-10/h8-13H,2-7H2,1H3. The van der Waals surface area contributed by atoms with Crippen molar-refractivity contribution in [1.29, 1.82) is 0 Å². The van der Waals surface area contributed by atoms with E-state index >= 15 is 0 Å². The lowest BCUT2D eigenvalue weighted by molar-refractivity contribution is 0.109. The summed E-state index contributed by atoms with van der Waals surface area (Å²) in [7, 11) is 0. The van der Waals surface area contributed by atoms with Crippen molar-refractivity contribution in [3.05, 3.63) is 0 Å². The first-order chi connectivity index (χ1) is 6.84. The third kappa shape index (κ3) is 1.82. The number of ether oxygens (including phenoxy) is 1. The first-order valence-electron chi connectivity index (χ1n) is 6.22. The van der Waals surface area contributed by atoms with E-state index in [4.69, 9.17) is 4.74 Å². The maximum atomic E-state index is 5.60. The fraction of sp³-hybridized carbons (Fsp3) is 1.00. The molecule has 3 rings (SSSR count). The first kappa shape index (κ1) is 9.17. The highest BCUT2D eigenvalue weighted by Gasteiger charge is 2.43. The summed E-state index contributed by atoms with van der Waals surface area (Å²) in [6.07, 6.45) is 7.53. The van der Waals surface area contributed by atoms with Gasteiger partial charge in [-0.15, -0.1) is 0 Å². The molecule has 2 atom stereocenters. The predicted molar refractivity (Wildman–Crippen MR) is 56.2 cm³/mol. The second-order valence-electron chi connectivity index (χ2n) is 5.34. The Hall–Kier alpha value is -0.0800. The molecule has 0 aromatic heterocycles. The van der Waals surface area contributed by atoms with Crippen LogP contribution in [-0.4, -0.2) is 24.8 Å². The molecule has 1 heterocycles. The molecule has 2 heteroatoms. The first-order valence-corrected chi connectivity index (χ1v) is 6.22. The smallest absolute Gasteiger partial charge is 0.0700 e. The largest absolute Gasteiger partial charge is 0.377 e. The zero-order valence-corrected chi connectivity index (χ0v) is 9.04. The van der Waals surface area contributed by atoms with Crippen LogP contribution in [0.25, 0.3) is 0 Å². The molecule has 80 valence electrons. The van der Waals surface area contributed by atoms with Gasteiger partial charge in [0.25, 0.3) is 0 Å². The Balaban J connectivity index is 1.57. The van der Waals surface area contributed by atoms with Crippen LogP contribution in [0.4, 0.5) is 0 Å². The van der Waals surface area contributed by atoms with Crippen molar-refractivity contribution in [2.45, 2.75) is 57.2 Å². The Morgan fingerprint density at radius 1 is 1.07 bits per heavy atom. The molecule has 3 fully saturated rings. The summed E-state index contributed by atoms with van der Waals surface area (Å²) in [6.45, 7) is 3.17. The van der Waals surface area contributed by atoms with E-state index in [1.807, 2.05) is 0 Å². The molecule has 0 bridgehead atoms. The average Bonchev–Trinajstić information content (AvgIpc) is 3.05. The fourth-order valence-corrected chi connectivity index (χ4v) is 2.77. The van der Waals surface area contributed by atoms with Crippen LogP contribution in [0.15, 0.2) is 0 Å². The SMILES string of the molecule is CC1OCCC1NC(C1CC1)C1CC1. The maximum Gasteiger partial charge on any atom is 0.0700 e. The normalized spacial score (nSPS) is 38.1.